The summed E-state index contributed by atoms with van der Waals surface area (Å²) in [6.45, 7) is -0.793. The van der Waals surface area contributed by atoms with Crippen molar-refractivity contribution in [3.05, 3.63) is 48.2 Å². The van der Waals surface area contributed by atoms with Gasteiger partial charge < -0.3 is 9.52 Å². The van der Waals surface area contributed by atoms with E-state index in [2.05, 4.69) is 0 Å². The second-order valence-corrected chi connectivity index (χ2v) is 3.44. The number of carbonyl (C=O) groups is 2. The average molecular weight is 230 g/mol. The summed E-state index contributed by atoms with van der Waals surface area (Å²) < 4.78 is 5.21. The van der Waals surface area contributed by atoms with Gasteiger partial charge in [-0.25, -0.2) is 0 Å². The van der Waals surface area contributed by atoms with Crippen molar-refractivity contribution in [3.63, 3.8) is 0 Å². The zero-order valence-corrected chi connectivity index (χ0v) is 8.92. The minimum Gasteiger partial charge on any atom is -0.464 e. The molecule has 17 heavy (non-hydrogen) atoms. The lowest BCUT2D eigenvalue weighted by Gasteiger charge is -2.00. The Morgan fingerprint density at radius 3 is 2.47 bits per heavy atom. The molecule has 0 atom stereocenters. The fourth-order valence-corrected chi connectivity index (χ4v) is 1.52. The number of aliphatic hydroxyl groups is 1. The molecular weight excluding hydrogens is 220 g/mol. The van der Waals surface area contributed by atoms with Crippen molar-refractivity contribution in [2.24, 2.45) is 0 Å². The van der Waals surface area contributed by atoms with E-state index < -0.39 is 18.2 Å². The zero-order chi connectivity index (χ0) is 12.3. The third-order valence-electron chi connectivity index (χ3n) is 2.34. The van der Waals surface area contributed by atoms with E-state index in [1.807, 2.05) is 6.07 Å². The first-order valence-corrected chi connectivity index (χ1v) is 5.05. The predicted octanol–water partition coefficient (Wildman–Crippen LogP) is 1.69. The number of ketones is 2. The van der Waals surface area contributed by atoms with Crippen molar-refractivity contribution in [1.82, 2.24) is 0 Å². The van der Waals surface area contributed by atoms with Crippen molar-refractivity contribution in [1.29, 1.82) is 0 Å². The Kier molecular flexibility index (Phi) is 3.16. The first kappa shape index (κ1) is 11.3. The Hall–Kier alpha value is -2.20. The third kappa shape index (κ3) is 2.16. The van der Waals surface area contributed by atoms with E-state index in [1.54, 1.807) is 24.3 Å². The molecule has 0 unspecified atom stereocenters. The zero-order valence-electron chi connectivity index (χ0n) is 8.92. The standard InChI is InChI=1S/C13H10O4/c14-8-11(15)12(16)10-6-7-17-13(10)9-4-2-1-3-5-9/h1-7,14H,8H2. The monoisotopic (exact) mass is 230 g/mol. The number of rotatable bonds is 4. The van der Waals surface area contributed by atoms with Gasteiger partial charge in [-0.05, 0) is 6.07 Å². The molecule has 0 aliphatic carbocycles. The van der Waals surface area contributed by atoms with E-state index in [0.29, 0.717) is 11.3 Å². The van der Waals surface area contributed by atoms with Crippen LogP contribution in [0, 0.1) is 0 Å². The fourth-order valence-electron chi connectivity index (χ4n) is 1.52. The highest BCUT2D eigenvalue weighted by atomic mass is 16.3. The molecule has 1 N–H and O–H groups in total. The van der Waals surface area contributed by atoms with Gasteiger partial charge in [-0.3, -0.25) is 9.59 Å². The fraction of sp³-hybridized carbons (Fsp3) is 0.0769. The van der Waals surface area contributed by atoms with Gasteiger partial charge in [0.1, 0.15) is 12.4 Å². The molecule has 1 heterocycles. The van der Waals surface area contributed by atoms with Gasteiger partial charge in [-0.1, -0.05) is 30.3 Å². The summed E-state index contributed by atoms with van der Waals surface area (Å²) in [6.07, 6.45) is 1.35. The van der Waals surface area contributed by atoms with E-state index in [0.717, 1.165) is 0 Å². The largest absolute Gasteiger partial charge is 0.464 e. The van der Waals surface area contributed by atoms with Crippen LogP contribution in [0.15, 0.2) is 47.1 Å². The van der Waals surface area contributed by atoms with E-state index in [1.165, 1.54) is 12.3 Å². The van der Waals surface area contributed by atoms with Gasteiger partial charge >= 0.3 is 0 Å². The number of hydrogen-bond acceptors (Lipinski definition) is 4. The molecular formula is C13H10O4. The molecule has 0 bridgehead atoms. The number of Topliss-reactive ketones (excluding diaryl/α,β-unsaturated/α-hetero) is 2. The molecule has 86 valence electrons. The maximum absolute atomic E-state index is 11.7. The summed E-state index contributed by atoms with van der Waals surface area (Å²) in [5.74, 6) is -1.24. The molecule has 0 amide bonds. The Balaban J connectivity index is 2.42. The topological polar surface area (TPSA) is 67.5 Å². The number of benzene rings is 1. The molecule has 0 saturated heterocycles. The van der Waals surface area contributed by atoms with Crippen molar-refractivity contribution in [2.75, 3.05) is 6.61 Å². The first-order valence-electron chi connectivity index (χ1n) is 5.05. The van der Waals surface area contributed by atoms with E-state index in [-0.39, 0.29) is 5.56 Å². The van der Waals surface area contributed by atoms with Gasteiger partial charge in [-0.2, -0.15) is 0 Å². The molecule has 4 nitrogen and oxygen atoms in total. The minimum absolute atomic E-state index is 0.176. The van der Waals surface area contributed by atoms with E-state index in [9.17, 15) is 9.59 Å². The van der Waals surface area contributed by atoms with Crippen LogP contribution in [0.25, 0.3) is 11.3 Å². The number of aliphatic hydroxyl groups excluding tert-OH is 1. The molecule has 0 saturated carbocycles. The van der Waals surface area contributed by atoms with Crippen LogP contribution in [0.5, 0.6) is 0 Å². The van der Waals surface area contributed by atoms with Crippen molar-refractivity contribution in [3.8, 4) is 11.3 Å². The first-order chi connectivity index (χ1) is 8.24. The van der Waals surface area contributed by atoms with Crippen LogP contribution in [-0.2, 0) is 4.79 Å². The molecule has 0 fully saturated rings. The average Bonchev–Trinajstić information content (AvgIpc) is 2.87. The normalized spacial score (nSPS) is 10.2. The van der Waals surface area contributed by atoms with Crippen LogP contribution in [0.2, 0.25) is 0 Å². The summed E-state index contributed by atoms with van der Waals surface area (Å²) >= 11 is 0. The van der Waals surface area contributed by atoms with Crippen molar-refractivity contribution in [2.45, 2.75) is 0 Å². The summed E-state index contributed by atoms with van der Waals surface area (Å²) in [7, 11) is 0. The molecule has 0 spiro atoms. The Bertz CT molecular complexity index is 540. The quantitative estimate of drug-likeness (QED) is 0.641. The SMILES string of the molecule is O=C(CO)C(=O)c1ccoc1-c1ccccc1. The summed E-state index contributed by atoms with van der Waals surface area (Å²) in [5, 5.41) is 8.66. The van der Waals surface area contributed by atoms with Gasteiger partial charge in [0.15, 0.2) is 0 Å². The highest BCUT2D eigenvalue weighted by Gasteiger charge is 2.21. The summed E-state index contributed by atoms with van der Waals surface area (Å²) in [5.41, 5.74) is 0.891. The summed E-state index contributed by atoms with van der Waals surface area (Å²) in [4.78, 5) is 22.8. The van der Waals surface area contributed by atoms with Crippen LogP contribution in [0.4, 0.5) is 0 Å². The van der Waals surface area contributed by atoms with E-state index >= 15 is 0 Å². The number of furan rings is 1. The van der Waals surface area contributed by atoms with Gasteiger partial charge in [-0.15, -0.1) is 0 Å². The molecule has 4 heteroatoms. The number of carbonyl (C=O) groups excluding carboxylic acids is 2. The maximum atomic E-state index is 11.7. The minimum atomic E-state index is -0.844. The van der Waals surface area contributed by atoms with Crippen LogP contribution in [0.1, 0.15) is 10.4 Å². The molecule has 1 aromatic carbocycles. The molecule has 0 radical (unpaired) electrons. The lowest BCUT2D eigenvalue weighted by atomic mass is 10.0. The molecule has 0 aliphatic rings. The lowest BCUT2D eigenvalue weighted by Crippen LogP contribution is -2.17. The van der Waals surface area contributed by atoms with Gasteiger partial charge in [0.2, 0.25) is 11.6 Å². The second-order valence-electron chi connectivity index (χ2n) is 3.44. The number of hydrogen-bond donors (Lipinski definition) is 1. The van der Waals surface area contributed by atoms with Crippen molar-refractivity contribution >= 4 is 11.6 Å². The van der Waals surface area contributed by atoms with Crippen LogP contribution < -0.4 is 0 Å². The Labute approximate surface area is 97.5 Å². The highest BCUT2D eigenvalue weighted by molar-refractivity contribution is 6.45. The molecule has 0 aliphatic heterocycles. The van der Waals surface area contributed by atoms with Gasteiger partial charge in [0, 0.05) is 5.56 Å². The smallest absolute Gasteiger partial charge is 0.234 e. The Morgan fingerprint density at radius 2 is 1.82 bits per heavy atom. The van der Waals surface area contributed by atoms with Crippen molar-refractivity contribution < 1.29 is 19.1 Å². The van der Waals surface area contributed by atoms with Crippen LogP contribution in [-0.4, -0.2) is 23.3 Å². The predicted molar refractivity (Wildman–Crippen MR) is 60.6 cm³/mol. The highest BCUT2D eigenvalue weighted by Crippen LogP contribution is 2.25. The maximum Gasteiger partial charge on any atom is 0.234 e. The Morgan fingerprint density at radius 1 is 1.12 bits per heavy atom. The third-order valence-corrected chi connectivity index (χ3v) is 2.34. The lowest BCUT2D eigenvalue weighted by molar-refractivity contribution is -0.117. The van der Waals surface area contributed by atoms with Crippen LogP contribution in [0.3, 0.4) is 0 Å². The van der Waals surface area contributed by atoms with Gasteiger partial charge in [0.25, 0.3) is 0 Å². The molecule has 1 aromatic heterocycles. The van der Waals surface area contributed by atoms with Gasteiger partial charge in [0.05, 0.1) is 11.8 Å². The molecule has 2 rings (SSSR count). The van der Waals surface area contributed by atoms with Crippen LogP contribution >= 0.6 is 0 Å². The second kappa shape index (κ2) is 4.76. The summed E-state index contributed by atoms with van der Waals surface area (Å²) in [6, 6.07) is 10.4. The molecule has 2 aromatic rings. The van der Waals surface area contributed by atoms with E-state index in [4.69, 9.17) is 9.52 Å².